The van der Waals surface area contributed by atoms with Crippen LogP contribution in [0, 0.1) is 19.3 Å². The highest BCUT2D eigenvalue weighted by Crippen LogP contribution is 2.49. The zero-order valence-electron chi connectivity index (χ0n) is 25.0. The lowest BCUT2D eigenvalue weighted by atomic mass is 9.77. The number of amides is 3. The summed E-state index contributed by atoms with van der Waals surface area (Å²) in [6.07, 6.45) is -9.57. The molecule has 0 saturated carbocycles. The van der Waals surface area contributed by atoms with Gasteiger partial charge in [-0.3, -0.25) is 4.79 Å². The number of piperazine rings is 1. The van der Waals surface area contributed by atoms with E-state index in [0.29, 0.717) is 12.1 Å². The molecule has 2 aromatic rings. The fourth-order valence-electron chi connectivity index (χ4n) is 6.62. The molecule has 44 heavy (non-hydrogen) atoms. The molecule has 2 aliphatic rings. The highest BCUT2D eigenvalue weighted by atomic mass is 19.4. The highest BCUT2D eigenvalue weighted by molar-refractivity contribution is 5.86. The Morgan fingerprint density at radius 3 is 2.07 bits per heavy atom. The number of carbonyl (C=O) groups excluding carboxylic acids is 2. The number of benzene rings is 2. The monoisotopic (exact) mass is 629 g/mol. The first-order valence-electron chi connectivity index (χ1n) is 14.4. The zero-order chi connectivity index (χ0) is 32.8. The zero-order valence-corrected chi connectivity index (χ0v) is 25.0. The third-order valence-electron chi connectivity index (χ3n) is 9.15. The molecule has 3 atom stereocenters. The molecule has 0 radical (unpaired) electrons. The number of urea groups is 1. The van der Waals surface area contributed by atoms with Crippen molar-refractivity contribution in [1.29, 1.82) is 0 Å². The van der Waals surface area contributed by atoms with E-state index >= 15 is 0 Å². The minimum Gasteiger partial charge on any atom is -0.396 e. The van der Waals surface area contributed by atoms with Crippen LogP contribution < -0.4 is 0 Å². The summed E-state index contributed by atoms with van der Waals surface area (Å²) in [7, 11) is 1.33. The normalized spacial score (nSPS) is 21.0. The van der Waals surface area contributed by atoms with Crippen molar-refractivity contribution in [2.45, 2.75) is 70.5 Å². The summed E-state index contributed by atoms with van der Waals surface area (Å²) in [5.41, 5.74) is -1.82. The minimum atomic E-state index is -5.03. The molecule has 13 heteroatoms. The van der Waals surface area contributed by atoms with Crippen LogP contribution in [-0.4, -0.2) is 76.2 Å². The molecule has 0 spiro atoms. The molecular weight excluding hydrogens is 592 g/mol. The standard InChI is InChI=1S/C31H37F6N3O4/c1-18-5-6-19(2)24(13-18)26-25-17-29(7-11-41,8-12-42)27(43)39(25)9-10-40(26)28(44)38(4)20(3)21-14-22(30(32,33)34)16-23(15-21)31(35,36)37/h5-6,13-16,20,25-26,41-42H,7-12,17H2,1-4H3. The van der Waals surface area contributed by atoms with Gasteiger partial charge in [-0.1, -0.05) is 23.8 Å². The van der Waals surface area contributed by atoms with Crippen molar-refractivity contribution in [3.05, 3.63) is 69.8 Å². The first-order valence-corrected chi connectivity index (χ1v) is 14.4. The topological polar surface area (TPSA) is 84.3 Å². The molecule has 242 valence electrons. The summed E-state index contributed by atoms with van der Waals surface area (Å²) in [5, 5.41) is 19.6. The lowest BCUT2D eigenvalue weighted by Gasteiger charge is -2.47. The summed E-state index contributed by atoms with van der Waals surface area (Å²) >= 11 is 0. The van der Waals surface area contributed by atoms with Crippen LogP contribution in [0.4, 0.5) is 31.1 Å². The molecule has 2 N–H and O–H groups in total. The van der Waals surface area contributed by atoms with Crippen molar-refractivity contribution in [2.24, 2.45) is 5.41 Å². The van der Waals surface area contributed by atoms with E-state index in [9.17, 15) is 46.1 Å². The number of rotatable bonds is 7. The number of hydrogen-bond donors (Lipinski definition) is 2. The van der Waals surface area contributed by atoms with Gasteiger partial charge < -0.3 is 24.9 Å². The molecule has 0 bridgehead atoms. The van der Waals surface area contributed by atoms with Gasteiger partial charge in [0.15, 0.2) is 0 Å². The van der Waals surface area contributed by atoms with E-state index in [4.69, 9.17) is 0 Å². The molecule has 3 unspecified atom stereocenters. The Labute approximate surface area is 252 Å². The largest absolute Gasteiger partial charge is 0.416 e. The summed E-state index contributed by atoms with van der Waals surface area (Å²) in [4.78, 5) is 32.2. The Kier molecular flexibility index (Phi) is 9.33. The first-order chi connectivity index (χ1) is 20.4. The average Bonchev–Trinajstić information content (AvgIpc) is 3.22. The lowest BCUT2D eigenvalue weighted by Crippen LogP contribution is -2.57. The number of carbonyl (C=O) groups is 2. The Balaban J connectivity index is 1.76. The molecule has 2 saturated heterocycles. The Morgan fingerprint density at radius 1 is 0.977 bits per heavy atom. The van der Waals surface area contributed by atoms with E-state index in [1.807, 2.05) is 32.0 Å². The molecule has 7 nitrogen and oxygen atoms in total. The summed E-state index contributed by atoms with van der Waals surface area (Å²) < 4.78 is 81.4. The highest BCUT2D eigenvalue weighted by Gasteiger charge is 2.56. The SMILES string of the molecule is Cc1ccc(C)c(C2C3CC(CCO)(CCO)C(=O)N3CCN2C(=O)N(C)C(C)c2cc(C(F)(F)F)cc(C(F)(F)F)c2)c1. The van der Waals surface area contributed by atoms with Crippen molar-refractivity contribution >= 4 is 11.9 Å². The third-order valence-corrected chi connectivity index (χ3v) is 9.15. The molecule has 2 aliphatic heterocycles. The van der Waals surface area contributed by atoms with Crippen LogP contribution in [0.3, 0.4) is 0 Å². The number of aliphatic hydroxyl groups is 2. The van der Waals surface area contributed by atoms with Gasteiger partial charge in [-0.05, 0) is 74.9 Å². The van der Waals surface area contributed by atoms with Crippen molar-refractivity contribution in [2.75, 3.05) is 33.4 Å². The summed E-state index contributed by atoms with van der Waals surface area (Å²) in [6, 6.07) is 3.95. The number of nitrogens with zero attached hydrogens (tertiary/aromatic N) is 3. The van der Waals surface area contributed by atoms with Crippen LogP contribution in [-0.2, 0) is 17.1 Å². The quantitative estimate of drug-likeness (QED) is 0.376. The van der Waals surface area contributed by atoms with Gasteiger partial charge in [0.2, 0.25) is 5.91 Å². The van der Waals surface area contributed by atoms with Gasteiger partial charge in [0, 0.05) is 33.4 Å². The molecule has 2 fully saturated rings. The minimum absolute atomic E-state index is 0.0515. The van der Waals surface area contributed by atoms with Gasteiger partial charge in [-0.2, -0.15) is 26.3 Å². The van der Waals surface area contributed by atoms with E-state index in [1.165, 1.54) is 18.9 Å². The molecule has 3 amide bonds. The van der Waals surface area contributed by atoms with Gasteiger partial charge in [-0.15, -0.1) is 0 Å². The first kappa shape index (κ1) is 33.6. The second-order valence-electron chi connectivity index (χ2n) is 11.9. The third kappa shape index (κ3) is 6.26. The van der Waals surface area contributed by atoms with Gasteiger partial charge in [0.05, 0.1) is 34.7 Å². The molecule has 4 rings (SSSR count). The number of fused-ring (bicyclic) bond motifs is 1. The van der Waals surface area contributed by atoms with Crippen LogP contribution in [0.1, 0.15) is 71.7 Å². The van der Waals surface area contributed by atoms with Crippen LogP contribution in [0.5, 0.6) is 0 Å². The number of alkyl halides is 6. The van der Waals surface area contributed by atoms with Gasteiger partial charge in [0.25, 0.3) is 0 Å². The molecule has 2 heterocycles. The second-order valence-corrected chi connectivity index (χ2v) is 11.9. The molecular formula is C31H37F6N3O4. The second kappa shape index (κ2) is 12.2. The maximum Gasteiger partial charge on any atom is 0.416 e. The van der Waals surface area contributed by atoms with Crippen molar-refractivity contribution < 1.29 is 46.1 Å². The van der Waals surface area contributed by atoms with E-state index < -0.39 is 53.1 Å². The smallest absolute Gasteiger partial charge is 0.396 e. The number of hydrogen-bond acceptors (Lipinski definition) is 4. The lowest BCUT2D eigenvalue weighted by molar-refractivity contribution is -0.143. The van der Waals surface area contributed by atoms with Crippen LogP contribution in [0.15, 0.2) is 36.4 Å². The van der Waals surface area contributed by atoms with Crippen molar-refractivity contribution in [3.8, 4) is 0 Å². The predicted octanol–water partition coefficient (Wildman–Crippen LogP) is 5.86. The van der Waals surface area contributed by atoms with E-state index in [-0.39, 0.29) is 63.1 Å². The molecule has 0 aliphatic carbocycles. The summed E-state index contributed by atoms with van der Waals surface area (Å²) in [6.45, 7) is 4.73. The molecule has 2 aromatic carbocycles. The average molecular weight is 630 g/mol. The van der Waals surface area contributed by atoms with E-state index in [0.717, 1.165) is 21.6 Å². The summed E-state index contributed by atoms with van der Waals surface area (Å²) in [5.74, 6) is -0.224. The van der Waals surface area contributed by atoms with Crippen LogP contribution in [0.25, 0.3) is 0 Å². The Bertz CT molecular complexity index is 1360. The van der Waals surface area contributed by atoms with E-state index in [2.05, 4.69) is 0 Å². The Morgan fingerprint density at radius 2 is 1.55 bits per heavy atom. The van der Waals surface area contributed by atoms with Crippen LogP contribution in [0.2, 0.25) is 0 Å². The van der Waals surface area contributed by atoms with Gasteiger partial charge in [-0.25, -0.2) is 4.79 Å². The van der Waals surface area contributed by atoms with Gasteiger partial charge >= 0.3 is 18.4 Å². The maximum absolute atomic E-state index is 14.2. The number of halogens is 6. The van der Waals surface area contributed by atoms with Crippen molar-refractivity contribution in [3.63, 3.8) is 0 Å². The van der Waals surface area contributed by atoms with Crippen LogP contribution >= 0.6 is 0 Å². The fraction of sp³-hybridized carbons (Fsp3) is 0.548. The predicted molar refractivity (Wildman–Crippen MR) is 149 cm³/mol. The van der Waals surface area contributed by atoms with Crippen molar-refractivity contribution in [1.82, 2.24) is 14.7 Å². The molecule has 0 aromatic heterocycles. The Hall–Kier alpha value is -3.32. The van der Waals surface area contributed by atoms with Gasteiger partial charge in [0.1, 0.15) is 0 Å². The fourth-order valence-corrected chi connectivity index (χ4v) is 6.62. The van der Waals surface area contributed by atoms with E-state index in [1.54, 1.807) is 4.90 Å². The number of aliphatic hydroxyl groups excluding tert-OH is 2. The number of aryl methyl sites for hydroxylation is 2. The maximum atomic E-state index is 14.2.